The number of rotatable bonds is 4. The predicted molar refractivity (Wildman–Crippen MR) is 74.8 cm³/mol. The molecule has 1 heterocycles. The van der Waals surface area contributed by atoms with Crippen molar-refractivity contribution in [1.29, 1.82) is 0 Å². The number of anilines is 2. The lowest BCUT2D eigenvalue weighted by Crippen LogP contribution is -2.39. The highest BCUT2D eigenvalue weighted by Gasteiger charge is 2.18. The van der Waals surface area contributed by atoms with E-state index in [1.165, 1.54) is 17.8 Å². The first-order chi connectivity index (χ1) is 8.18. The van der Waals surface area contributed by atoms with E-state index < -0.39 is 0 Å². The zero-order chi connectivity index (χ0) is 12.3. The third kappa shape index (κ3) is 2.91. The van der Waals surface area contributed by atoms with Gasteiger partial charge in [-0.25, -0.2) is 0 Å². The molecule has 0 aliphatic carbocycles. The van der Waals surface area contributed by atoms with Gasteiger partial charge in [-0.05, 0) is 31.9 Å². The number of benzene rings is 1. The summed E-state index contributed by atoms with van der Waals surface area (Å²) in [4.78, 5) is 4.81. The molecule has 3 nitrogen and oxygen atoms in total. The summed E-state index contributed by atoms with van der Waals surface area (Å²) >= 11 is 0. The van der Waals surface area contributed by atoms with Crippen molar-refractivity contribution in [3.05, 3.63) is 24.3 Å². The molecular formula is C14H23N3. The number of hydrogen-bond donors (Lipinski definition) is 1. The molecule has 0 saturated heterocycles. The summed E-state index contributed by atoms with van der Waals surface area (Å²) in [5.74, 6) is 0. The lowest BCUT2D eigenvalue weighted by Gasteiger charge is -2.37. The van der Waals surface area contributed by atoms with Gasteiger partial charge in [-0.15, -0.1) is 0 Å². The van der Waals surface area contributed by atoms with Crippen LogP contribution in [0.3, 0.4) is 0 Å². The van der Waals surface area contributed by atoms with E-state index in [1.807, 2.05) is 0 Å². The average Bonchev–Trinajstić information content (AvgIpc) is 2.32. The summed E-state index contributed by atoms with van der Waals surface area (Å²) < 4.78 is 0. The molecule has 0 bridgehead atoms. The predicted octanol–water partition coefficient (Wildman–Crippen LogP) is 2.07. The standard InChI is InChI=1S/C14H23N3/c1-12(15)6-5-9-17-11-10-16(2)13-7-3-4-8-14(13)17/h3-4,7-8,12H,5-6,9-11,15H2,1-2H3. The Morgan fingerprint density at radius 2 is 1.94 bits per heavy atom. The van der Waals surface area contributed by atoms with Crippen molar-refractivity contribution in [2.24, 2.45) is 5.73 Å². The van der Waals surface area contributed by atoms with E-state index >= 15 is 0 Å². The number of fused-ring (bicyclic) bond motifs is 1. The minimum Gasteiger partial charge on any atom is -0.371 e. The van der Waals surface area contributed by atoms with Crippen LogP contribution in [-0.4, -0.2) is 32.7 Å². The molecule has 0 fully saturated rings. The molecule has 94 valence electrons. The second kappa shape index (κ2) is 5.41. The summed E-state index contributed by atoms with van der Waals surface area (Å²) in [7, 11) is 2.16. The Bertz CT molecular complexity index is 362. The van der Waals surface area contributed by atoms with Gasteiger partial charge in [-0.2, -0.15) is 0 Å². The fraction of sp³-hybridized carbons (Fsp3) is 0.571. The van der Waals surface area contributed by atoms with Gasteiger partial charge < -0.3 is 15.5 Å². The fourth-order valence-electron chi connectivity index (χ4n) is 2.40. The molecule has 2 rings (SSSR count). The molecule has 2 N–H and O–H groups in total. The van der Waals surface area contributed by atoms with Crippen LogP contribution in [0.1, 0.15) is 19.8 Å². The zero-order valence-electron chi connectivity index (χ0n) is 10.9. The summed E-state index contributed by atoms with van der Waals surface area (Å²) in [6.07, 6.45) is 2.28. The highest BCUT2D eigenvalue weighted by atomic mass is 15.2. The van der Waals surface area contributed by atoms with Crippen LogP contribution in [0.2, 0.25) is 0 Å². The molecule has 0 amide bonds. The molecule has 1 aromatic carbocycles. The number of hydrogen-bond acceptors (Lipinski definition) is 3. The molecule has 0 radical (unpaired) electrons. The Morgan fingerprint density at radius 1 is 1.24 bits per heavy atom. The van der Waals surface area contributed by atoms with Gasteiger partial charge in [-0.3, -0.25) is 0 Å². The van der Waals surface area contributed by atoms with Crippen molar-refractivity contribution in [1.82, 2.24) is 0 Å². The maximum absolute atomic E-state index is 5.80. The number of nitrogens with two attached hydrogens (primary N) is 1. The van der Waals surface area contributed by atoms with E-state index in [2.05, 4.69) is 48.0 Å². The highest BCUT2D eigenvalue weighted by Crippen LogP contribution is 2.31. The van der Waals surface area contributed by atoms with E-state index in [0.29, 0.717) is 6.04 Å². The van der Waals surface area contributed by atoms with Gasteiger partial charge in [0.05, 0.1) is 11.4 Å². The van der Waals surface area contributed by atoms with Crippen LogP contribution in [0.4, 0.5) is 11.4 Å². The minimum absolute atomic E-state index is 0.317. The van der Waals surface area contributed by atoms with Crippen molar-refractivity contribution in [3.63, 3.8) is 0 Å². The van der Waals surface area contributed by atoms with E-state index in [9.17, 15) is 0 Å². The Morgan fingerprint density at radius 3 is 2.65 bits per heavy atom. The van der Waals surface area contributed by atoms with Crippen molar-refractivity contribution >= 4 is 11.4 Å². The SMILES string of the molecule is CC(N)CCCN1CCN(C)c2ccccc21. The van der Waals surface area contributed by atoms with Gasteiger partial charge in [0.1, 0.15) is 0 Å². The Kier molecular flexibility index (Phi) is 3.89. The molecule has 1 atom stereocenters. The molecule has 17 heavy (non-hydrogen) atoms. The second-order valence-corrected chi connectivity index (χ2v) is 5.02. The normalized spacial score (nSPS) is 16.9. The molecule has 1 aliphatic heterocycles. The van der Waals surface area contributed by atoms with Crippen LogP contribution in [-0.2, 0) is 0 Å². The van der Waals surface area contributed by atoms with E-state index in [0.717, 1.165) is 26.1 Å². The quantitative estimate of drug-likeness (QED) is 0.864. The van der Waals surface area contributed by atoms with Crippen molar-refractivity contribution in [2.75, 3.05) is 36.5 Å². The van der Waals surface area contributed by atoms with Crippen LogP contribution >= 0.6 is 0 Å². The Balaban J connectivity index is 2.03. The van der Waals surface area contributed by atoms with Crippen LogP contribution in [0.5, 0.6) is 0 Å². The first kappa shape index (κ1) is 12.2. The van der Waals surface area contributed by atoms with Crippen LogP contribution in [0.25, 0.3) is 0 Å². The van der Waals surface area contributed by atoms with Crippen LogP contribution in [0, 0.1) is 0 Å². The maximum Gasteiger partial charge on any atom is 0.0604 e. The van der Waals surface area contributed by atoms with Gasteiger partial charge in [0, 0.05) is 32.7 Å². The van der Waals surface area contributed by atoms with Crippen LogP contribution < -0.4 is 15.5 Å². The lowest BCUT2D eigenvalue weighted by molar-refractivity contribution is 0.603. The van der Waals surface area contributed by atoms with Gasteiger partial charge in [0.2, 0.25) is 0 Å². The molecule has 3 heteroatoms. The van der Waals surface area contributed by atoms with Gasteiger partial charge in [0.25, 0.3) is 0 Å². The van der Waals surface area contributed by atoms with E-state index in [1.54, 1.807) is 0 Å². The summed E-state index contributed by atoms with van der Waals surface area (Å²) in [6, 6.07) is 8.97. The van der Waals surface area contributed by atoms with Crippen molar-refractivity contribution in [2.45, 2.75) is 25.8 Å². The maximum atomic E-state index is 5.80. The topological polar surface area (TPSA) is 32.5 Å². The van der Waals surface area contributed by atoms with Crippen molar-refractivity contribution < 1.29 is 0 Å². The number of para-hydroxylation sites is 2. The summed E-state index contributed by atoms with van der Waals surface area (Å²) in [5.41, 5.74) is 8.51. The molecule has 1 unspecified atom stereocenters. The van der Waals surface area contributed by atoms with E-state index in [4.69, 9.17) is 5.73 Å². The molecule has 0 saturated carbocycles. The van der Waals surface area contributed by atoms with Crippen LogP contribution in [0.15, 0.2) is 24.3 Å². The van der Waals surface area contributed by atoms with Crippen molar-refractivity contribution in [3.8, 4) is 0 Å². The molecule has 1 aliphatic rings. The first-order valence-corrected chi connectivity index (χ1v) is 6.49. The largest absolute Gasteiger partial charge is 0.371 e. The zero-order valence-corrected chi connectivity index (χ0v) is 10.9. The number of likely N-dealkylation sites (N-methyl/N-ethyl adjacent to an activating group) is 1. The van der Waals surface area contributed by atoms with Gasteiger partial charge >= 0.3 is 0 Å². The minimum atomic E-state index is 0.317. The lowest BCUT2D eigenvalue weighted by atomic mass is 10.1. The Labute approximate surface area is 104 Å². The molecule has 0 aromatic heterocycles. The highest BCUT2D eigenvalue weighted by molar-refractivity contribution is 5.72. The van der Waals surface area contributed by atoms with Gasteiger partial charge in [0.15, 0.2) is 0 Å². The Hall–Kier alpha value is -1.22. The summed E-state index contributed by atoms with van der Waals surface area (Å²) in [6.45, 7) is 5.42. The third-order valence-electron chi connectivity index (χ3n) is 3.43. The number of nitrogens with zero attached hydrogens (tertiary/aromatic N) is 2. The molecule has 1 aromatic rings. The smallest absolute Gasteiger partial charge is 0.0604 e. The second-order valence-electron chi connectivity index (χ2n) is 5.02. The first-order valence-electron chi connectivity index (χ1n) is 6.49. The third-order valence-corrected chi connectivity index (χ3v) is 3.43. The molecule has 0 spiro atoms. The van der Waals surface area contributed by atoms with E-state index in [-0.39, 0.29) is 0 Å². The fourth-order valence-corrected chi connectivity index (χ4v) is 2.40. The van der Waals surface area contributed by atoms with Gasteiger partial charge in [-0.1, -0.05) is 12.1 Å². The monoisotopic (exact) mass is 233 g/mol. The summed E-state index contributed by atoms with van der Waals surface area (Å²) in [5, 5.41) is 0. The molecular weight excluding hydrogens is 210 g/mol. The average molecular weight is 233 g/mol.